The Morgan fingerprint density at radius 2 is 1.77 bits per heavy atom. The Hall–Kier alpha value is -3.03. The van der Waals surface area contributed by atoms with Gasteiger partial charge in [0.05, 0.1) is 15.9 Å². The van der Waals surface area contributed by atoms with E-state index in [0.717, 1.165) is 32.4 Å². The van der Waals surface area contributed by atoms with Crippen LogP contribution in [0.4, 0.5) is 5.82 Å². The number of hydrogen-bond acceptors (Lipinski definition) is 5. The zero-order valence-corrected chi connectivity index (χ0v) is 18.1. The fourth-order valence-corrected chi connectivity index (χ4v) is 6.55. The van der Waals surface area contributed by atoms with E-state index in [4.69, 9.17) is 10.1 Å². The predicted octanol–water partition coefficient (Wildman–Crippen LogP) is 5.79. The Morgan fingerprint density at radius 3 is 2.60 bits per heavy atom. The second-order valence-electron chi connectivity index (χ2n) is 7.60. The van der Waals surface area contributed by atoms with Crippen molar-refractivity contribution in [1.82, 2.24) is 14.8 Å². The molecule has 0 saturated carbocycles. The Kier molecular flexibility index (Phi) is 3.85. The highest BCUT2D eigenvalue weighted by Crippen LogP contribution is 2.46. The third kappa shape index (κ3) is 2.55. The molecule has 0 saturated heterocycles. The number of hydrogen-bond donors (Lipinski definition) is 1. The molecule has 0 spiro atoms. The molecule has 2 aromatic carbocycles. The summed E-state index contributed by atoms with van der Waals surface area (Å²) in [6.07, 6.45) is 0.431. The maximum atomic E-state index is 12.8. The molecule has 1 atom stereocenters. The lowest BCUT2D eigenvalue weighted by atomic mass is 9.84. The number of carbonyl (C=O) groups excluding carboxylic acids is 1. The summed E-state index contributed by atoms with van der Waals surface area (Å²) < 4.78 is 4.17. The summed E-state index contributed by atoms with van der Waals surface area (Å²) in [5.74, 6) is 0.764. The molecule has 0 radical (unpaired) electrons. The summed E-state index contributed by atoms with van der Waals surface area (Å²) in [5, 5.41) is 9.90. The lowest BCUT2D eigenvalue weighted by Gasteiger charge is -2.24. The smallest absolute Gasteiger partial charge is 0.226 e. The molecule has 1 aliphatic heterocycles. The van der Waals surface area contributed by atoms with Gasteiger partial charge in [0.2, 0.25) is 11.0 Å². The maximum Gasteiger partial charge on any atom is 0.226 e. The monoisotopic (exact) mass is 430 g/mol. The van der Waals surface area contributed by atoms with Gasteiger partial charge in [-0.05, 0) is 43.0 Å². The van der Waals surface area contributed by atoms with Crippen LogP contribution in [0.5, 0.6) is 0 Å². The fourth-order valence-electron chi connectivity index (χ4n) is 4.50. The number of benzene rings is 2. The summed E-state index contributed by atoms with van der Waals surface area (Å²) in [5.41, 5.74) is 4.22. The molecule has 30 heavy (non-hydrogen) atoms. The van der Waals surface area contributed by atoms with Crippen LogP contribution in [0.15, 0.2) is 48.5 Å². The highest BCUT2D eigenvalue weighted by atomic mass is 32.1. The van der Waals surface area contributed by atoms with Crippen molar-refractivity contribution in [1.29, 1.82) is 0 Å². The SMILES string of the molecule is Cc1nn(-c2nc3ccccc3s2)c2c1[C@@H](c1c(C)sc3ccccc13)CC(=O)N2. The average Bonchev–Trinajstić information content (AvgIpc) is 3.39. The van der Waals surface area contributed by atoms with Crippen molar-refractivity contribution in [2.75, 3.05) is 5.32 Å². The van der Waals surface area contributed by atoms with Crippen LogP contribution in [0.3, 0.4) is 0 Å². The summed E-state index contributed by atoms with van der Waals surface area (Å²) in [4.78, 5) is 18.8. The quantitative estimate of drug-likeness (QED) is 0.386. The van der Waals surface area contributed by atoms with E-state index in [2.05, 4.69) is 42.6 Å². The molecule has 0 bridgehead atoms. The topological polar surface area (TPSA) is 59.8 Å². The van der Waals surface area contributed by atoms with Crippen LogP contribution >= 0.6 is 22.7 Å². The van der Waals surface area contributed by atoms with E-state index in [0.29, 0.717) is 6.42 Å². The molecule has 0 aliphatic carbocycles. The van der Waals surface area contributed by atoms with E-state index in [-0.39, 0.29) is 11.8 Å². The first-order valence-corrected chi connectivity index (χ1v) is 11.5. The van der Waals surface area contributed by atoms with Crippen molar-refractivity contribution >= 4 is 54.7 Å². The van der Waals surface area contributed by atoms with Crippen LogP contribution in [-0.2, 0) is 4.79 Å². The molecule has 3 aromatic heterocycles. The van der Waals surface area contributed by atoms with E-state index in [1.807, 2.05) is 29.8 Å². The molecular weight excluding hydrogens is 412 g/mol. The van der Waals surface area contributed by atoms with Gasteiger partial charge in [-0.2, -0.15) is 9.78 Å². The first kappa shape index (κ1) is 17.8. The van der Waals surface area contributed by atoms with E-state index in [1.54, 1.807) is 22.7 Å². The largest absolute Gasteiger partial charge is 0.310 e. The van der Waals surface area contributed by atoms with E-state index < -0.39 is 0 Å². The van der Waals surface area contributed by atoms with Crippen molar-refractivity contribution < 1.29 is 4.79 Å². The maximum absolute atomic E-state index is 12.8. The summed E-state index contributed by atoms with van der Waals surface area (Å²) >= 11 is 3.37. The highest BCUT2D eigenvalue weighted by Gasteiger charge is 2.35. The first-order valence-electron chi connectivity index (χ1n) is 9.83. The van der Waals surface area contributed by atoms with Gasteiger partial charge in [-0.15, -0.1) is 11.3 Å². The average molecular weight is 431 g/mol. The second-order valence-corrected chi connectivity index (χ2v) is 9.86. The van der Waals surface area contributed by atoms with Gasteiger partial charge in [-0.3, -0.25) is 4.79 Å². The number of thiazole rings is 1. The van der Waals surface area contributed by atoms with Crippen LogP contribution in [0.25, 0.3) is 25.4 Å². The summed E-state index contributed by atoms with van der Waals surface area (Å²) in [6, 6.07) is 16.5. The van der Waals surface area contributed by atoms with Crippen LogP contribution in [-0.4, -0.2) is 20.7 Å². The van der Waals surface area contributed by atoms with Crippen LogP contribution < -0.4 is 5.32 Å². The Balaban J connectivity index is 1.57. The van der Waals surface area contributed by atoms with Gasteiger partial charge in [0.25, 0.3) is 0 Å². The molecule has 0 fully saturated rings. The number of fused-ring (bicyclic) bond motifs is 3. The first-order chi connectivity index (χ1) is 14.6. The van der Waals surface area contributed by atoms with E-state index in [9.17, 15) is 4.79 Å². The number of carbonyl (C=O) groups is 1. The molecule has 4 heterocycles. The van der Waals surface area contributed by atoms with Gasteiger partial charge in [-0.25, -0.2) is 4.98 Å². The van der Waals surface area contributed by atoms with Crippen LogP contribution in [0.2, 0.25) is 0 Å². The Labute approximate surface area is 181 Å². The Morgan fingerprint density at radius 1 is 1.00 bits per heavy atom. The van der Waals surface area contributed by atoms with Gasteiger partial charge in [0, 0.05) is 27.5 Å². The number of nitrogens with one attached hydrogen (secondary N) is 1. The lowest BCUT2D eigenvalue weighted by molar-refractivity contribution is -0.116. The minimum Gasteiger partial charge on any atom is -0.310 e. The van der Waals surface area contributed by atoms with Crippen molar-refractivity contribution in [3.63, 3.8) is 0 Å². The number of anilines is 1. The molecule has 0 unspecified atom stereocenters. The van der Waals surface area contributed by atoms with Crippen molar-refractivity contribution in [3.8, 4) is 5.13 Å². The molecule has 7 heteroatoms. The predicted molar refractivity (Wildman–Crippen MR) is 123 cm³/mol. The summed E-state index contributed by atoms with van der Waals surface area (Å²) in [6.45, 7) is 4.18. The van der Waals surface area contributed by atoms with Crippen LogP contribution in [0, 0.1) is 13.8 Å². The van der Waals surface area contributed by atoms with Crippen molar-refractivity contribution in [2.45, 2.75) is 26.2 Å². The molecule has 1 N–H and O–H groups in total. The third-order valence-electron chi connectivity index (χ3n) is 5.73. The third-order valence-corrected chi connectivity index (χ3v) is 7.85. The molecule has 5 aromatic rings. The lowest BCUT2D eigenvalue weighted by Crippen LogP contribution is -2.25. The normalized spacial score (nSPS) is 16.2. The number of rotatable bonds is 2. The molecule has 148 valence electrons. The number of thiophene rings is 1. The van der Waals surface area contributed by atoms with E-state index in [1.165, 1.54) is 20.5 Å². The number of aromatic nitrogens is 3. The zero-order valence-electron chi connectivity index (χ0n) is 16.5. The zero-order chi connectivity index (χ0) is 20.4. The fraction of sp³-hybridized carbons (Fsp3) is 0.174. The van der Waals surface area contributed by atoms with Crippen molar-refractivity contribution in [3.05, 3.63) is 70.2 Å². The number of para-hydroxylation sites is 1. The van der Waals surface area contributed by atoms with Gasteiger partial charge in [0.1, 0.15) is 5.82 Å². The molecule has 6 rings (SSSR count). The standard InChI is InChI=1S/C23H18N4OS2/c1-12-20-15(21-13(2)29-17-9-5-3-7-14(17)21)11-19(28)25-22(20)27(26-12)23-24-16-8-4-6-10-18(16)30-23/h3-10,15H,11H2,1-2H3,(H,25,28)/t15-/m0/s1. The second kappa shape index (κ2) is 6.48. The van der Waals surface area contributed by atoms with E-state index >= 15 is 0 Å². The highest BCUT2D eigenvalue weighted by molar-refractivity contribution is 7.20. The molecule has 1 aliphatic rings. The van der Waals surface area contributed by atoms with Crippen molar-refractivity contribution in [2.24, 2.45) is 0 Å². The number of aryl methyl sites for hydroxylation is 2. The number of nitrogens with zero attached hydrogens (tertiary/aromatic N) is 3. The molecular formula is C23H18N4OS2. The minimum atomic E-state index is -0.00646. The molecule has 5 nitrogen and oxygen atoms in total. The Bertz CT molecular complexity index is 1430. The molecule has 1 amide bonds. The minimum absolute atomic E-state index is 0.00646. The van der Waals surface area contributed by atoms with Crippen LogP contribution in [0.1, 0.15) is 34.0 Å². The van der Waals surface area contributed by atoms with Gasteiger partial charge < -0.3 is 5.32 Å². The summed E-state index contributed by atoms with van der Waals surface area (Å²) in [7, 11) is 0. The van der Waals surface area contributed by atoms with Gasteiger partial charge >= 0.3 is 0 Å². The van der Waals surface area contributed by atoms with Gasteiger partial charge in [0.15, 0.2) is 0 Å². The number of amides is 1. The van der Waals surface area contributed by atoms with Gasteiger partial charge in [-0.1, -0.05) is 41.7 Å².